The van der Waals surface area contributed by atoms with E-state index < -0.39 is 0 Å². The Morgan fingerprint density at radius 2 is 1.94 bits per heavy atom. The molecule has 0 unspecified atom stereocenters. The third kappa shape index (κ3) is 4.96. The first-order chi connectivity index (χ1) is 8.67. The monoisotopic (exact) mass is 251 g/mol. The van der Waals surface area contributed by atoms with Crippen molar-refractivity contribution in [3.05, 3.63) is 23.8 Å². The topological polar surface area (TPSA) is 21.7 Å². The van der Waals surface area contributed by atoms with Gasteiger partial charge in [-0.2, -0.15) is 0 Å². The third-order valence-corrected chi connectivity index (χ3v) is 2.77. The van der Waals surface area contributed by atoms with E-state index in [1.807, 2.05) is 6.07 Å². The fraction of sp³-hybridized carbons (Fsp3) is 0.600. The van der Waals surface area contributed by atoms with Gasteiger partial charge in [0, 0.05) is 6.54 Å². The van der Waals surface area contributed by atoms with Crippen molar-refractivity contribution in [2.75, 3.05) is 34.4 Å². The van der Waals surface area contributed by atoms with Crippen molar-refractivity contribution >= 4 is 0 Å². The van der Waals surface area contributed by atoms with Crippen molar-refractivity contribution in [2.45, 2.75) is 26.2 Å². The second-order valence-electron chi connectivity index (χ2n) is 4.74. The summed E-state index contributed by atoms with van der Waals surface area (Å²) >= 11 is 0. The summed E-state index contributed by atoms with van der Waals surface area (Å²) in [5.74, 6) is 1.68. The van der Waals surface area contributed by atoms with Crippen LogP contribution in [-0.4, -0.2) is 39.3 Å². The normalized spacial score (nSPS) is 10.7. The number of hydrogen-bond acceptors (Lipinski definition) is 3. The van der Waals surface area contributed by atoms with Gasteiger partial charge < -0.3 is 14.4 Å². The van der Waals surface area contributed by atoms with E-state index in [2.05, 4.69) is 38.1 Å². The van der Waals surface area contributed by atoms with Gasteiger partial charge in [-0.25, -0.2) is 0 Å². The molecule has 0 N–H and O–H groups in total. The van der Waals surface area contributed by atoms with Gasteiger partial charge in [0.1, 0.15) is 0 Å². The van der Waals surface area contributed by atoms with Crippen LogP contribution in [0, 0.1) is 0 Å². The van der Waals surface area contributed by atoms with Crippen LogP contribution in [0.3, 0.4) is 0 Å². The first-order valence-electron chi connectivity index (χ1n) is 6.61. The van der Waals surface area contributed by atoms with Crippen LogP contribution in [0.5, 0.6) is 11.5 Å². The van der Waals surface area contributed by atoms with Crippen molar-refractivity contribution in [1.29, 1.82) is 0 Å². The Morgan fingerprint density at radius 3 is 2.56 bits per heavy atom. The van der Waals surface area contributed by atoms with E-state index in [1.165, 1.54) is 5.56 Å². The van der Waals surface area contributed by atoms with Crippen molar-refractivity contribution in [3.63, 3.8) is 0 Å². The number of methoxy groups -OCH3 is 1. The van der Waals surface area contributed by atoms with E-state index in [4.69, 9.17) is 9.47 Å². The highest BCUT2D eigenvalue weighted by molar-refractivity contribution is 5.43. The first-order valence-corrected chi connectivity index (χ1v) is 6.61. The molecule has 102 valence electrons. The summed E-state index contributed by atoms with van der Waals surface area (Å²) in [6, 6.07) is 6.21. The van der Waals surface area contributed by atoms with Crippen LogP contribution in [0.15, 0.2) is 18.2 Å². The maximum atomic E-state index is 5.76. The van der Waals surface area contributed by atoms with Crippen molar-refractivity contribution in [1.82, 2.24) is 4.90 Å². The molecule has 0 spiro atoms. The minimum absolute atomic E-state index is 0.724. The van der Waals surface area contributed by atoms with E-state index in [9.17, 15) is 0 Å². The zero-order valence-electron chi connectivity index (χ0n) is 12.0. The third-order valence-electron chi connectivity index (χ3n) is 2.77. The molecule has 1 aromatic carbocycles. The average Bonchev–Trinajstić information content (AvgIpc) is 2.35. The van der Waals surface area contributed by atoms with E-state index >= 15 is 0 Å². The molecule has 0 saturated carbocycles. The molecule has 0 fully saturated rings. The number of aryl methyl sites for hydroxylation is 1. The Balaban J connectivity index is 2.54. The zero-order valence-corrected chi connectivity index (χ0v) is 12.0. The van der Waals surface area contributed by atoms with Crippen molar-refractivity contribution in [3.8, 4) is 11.5 Å². The van der Waals surface area contributed by atoms with Gasteiger partial charge in [0.25, 0.3) is 0 Å². The molecule has 0 aliphatic carbocycles. The predicted octanol–water partition coefficient (Wildman–Crippen LogP) is 2.98. The van der Waals surface area contributed by atoms with Crippen LogP contribution in [0.25, 0.3) is 0 Å². The fourth-order valence-electron chi connectivity index (χ4n) is 1.84. The Hall–Kier alpha value is -1.22. The van der Waals surface area contributed by atoms with E-state index in [0.29, 0.717) is 0 Å². The average molecular weight is 251 g/mol. The number of benzene rings is 1. The van der Waals surface area contributed by atoms with Gasteiger partial charge in [-0.1, -0.05) is 19.4 Å². The highest BCUT2D eigenvalue weighted by Crippen LogP contribution is 2.28. The predicted molar refractivity (Wildman–Crippen MR) is 75.7 cm³/mol. The Morgan fingerprint density at radius 1 is 1.17 bits per heavy atom. The highest BCUT2D eigenvalue weighted by atomic mass is 16.5. The molecular formula is C15H25NO2. The van der Waals surface area contributed by atoms with Crippen molar-refractivity contribution < 1.29 is 9.47 Å². The van der Waals surface area contributed by atoms with Crippen molar-refractivity contribution in [2.24, 2.45) is 0 Å². The lowest BCUT2D eigenvalue weighted by atomic mass is 10.1. The minimum atomic E-state index is 0.724. The molecule has 0 aliphatic heterocycles. The summed E-state index contributed by atoms with van der Waals surface area (Å²) in [7, 11) is 5.83. The van der Waals surface area contributed by atoms with Gasteiger partial charge >= 0.3 is 0 Å². The maximum Gasteiger partial charge on any atom is 0.161 e. The van der Waals surface area contributed by atoms with E-state index in [0.717, 1.165) is 43.9 Å². The standard InChI is InChI=1S/C15H25NO2/c1-5-7-13-8-9-14(15(12-13)17-4)18-11-6-10-16(2)3/h8-9,12H,5-7,10-11H2,1-4H3. The summed E-state index contributed by atoms with van der Waals surface area (Å²) in [6.45, 7) is 3.94. The molecule has 0 saturated heterocycles. The van der Waals surface area contributed by atoms with Gasteiger partial charge in [0.05, 0.1) is 13.7 Å². The minimum Gasteiger partial charge on any atom is -0.493 e. The fourth-order valence-corrected chi connectivity index (χ4v) is 1.84. The molecule has 0 atom stereocenters. The van der Waals surface area contributed by atoms with Crippen LogP contribution < -0.4 is 9.47 Å². The van der Waals surface area contributed by atoms with E-state index in [-0.39, 0.29) is 0 Å². The lowest BCUT2D eigenvalue weighted by Gasteiger charge is -2.13. The van der Waals surface area contributed by atoms with Crippen LogP contribution in [0.1, 0.15) is 25.3 Å². The molecule has 0 aromatic heterocycles. The Kier molecular flexibility index (Phi) is 6.58. The maximum absolute atomic E-state index is 5.76. The number of ether oxygens (including phenoxy) is 2. The molecule has 0 amide bonds. The SMILES string of the molecule is CCCc1ccc(OCCCN(C)C)c(OC)c1. The Bertz CT molecular complexity index is 350. The van der Waals surface area contributed by atoms with Crippen LogP contribution in [0.4, 0.5) is 0 Å². The number of hydrogen-bond donors (Lipinski definition) is 0. The zero-order chi connectivity index (χ0) is 13.4. The summed E-state index contributed by atoms with van der Waals surface area (Å²) in [6.07, 6.45) is 3.25. The van der Waals surface area contributed by atoms with Crippen LogP contribution >= 0.6 is 0 Å². The summed E-state index contributed by atoms with van der Waals surface area (Å²) in [5.41, 5.74) is 1.30. The number of nitrogens with zero attached hydrogens (tertiary/aromatic N) is 1. The van der Waals surface area contributed by atoms with Crippen LogP contribution in [-0.2, 0) is 6.42 Å². The molecule has 1 rings (SSSR count). The Labute approximate surface area is 111 Å². The van der Waals surface area contributed by atoms with Gasteiger partial charge in [-0.05, 0) is 44.6 Å². The largest absolute Gasteiger partial charge is 0.493 e. The second kappa shape index (κ2) is 7.98. The molecule has 1 aromatic rings. The second-order valence-corrected chi connectivity index (χ2v) is 4.74. The highest BCUT2D eigenvalue weighted by Gasteiger charge is 2.05. The lowest BCUT2D eigenvalue weighted by Crippen LogP contribution is -2.15. The van der Waals surface area contributed by atoms with Gasteiger partial charge in [0.2, 0.25) is 0 Å². The molecule has 0 bridgehead atoms. The smallest absolute Gasteiger partial charge is 0.161 e. The lowest BCUT2D eigenvalue weighted by molar-refractivity contribution is 0.268. The summed E-state index contributed by atoms with van der Waals surface area (Å²) in [4.78, 5) is 2.16. The van der Waals surface area contributed by atoms with Gasteiger partial charge in [0.15, 0.2) is 11.5 Å². The van der Waals surface area contributed by atoms with Gasteiger partial charge in [-0.3, -0.25) is 0 Å². The number of rotatable bonds is 8. The molecule has 0 heterocycles. The molecule has 18 heavy (non-hydrogen) atoms. The first kappa shape index (κ1) is 14.8. The summed E-state index contributed by atoms with van der Waals surface area (Å²) in [5, 5.41) is 0. The molecule has 0 aliphatic rings. The molecule has 0 radical (unpaired) electrons. The van der Waals surface area contributed by atoms with E-state index in [1.54, 1.807) is 7.11 Å². The molecule has 3 nitrogen and oxygen atoms in total. The quantitative estimate of drug-likeness (QED) is 0.663. The summed E-state index contributed by atoms with van der Waals surface area (Å²) < 4.78 is 11.1. The molecular weight excluding hydrogens is 226 g/mol. The van der Waals surface area contributed by atoms with Crippen LogP contribution in [0.2, 0.25) is 0 Å². The van der Waals surface area contributed by atoms with Gasteiger partial charge in [-0.15, -0.1) is 0 Å². The molecule has 3 heteroatoms.